The summed E-state index contributed by atoms with van der Waals surface area (Å²) in [6, 6.07) is 14.4. The Morgan fingerprint density at radius 2 is 1.68 bits per heavy atom. The van der Waals surface area contributed by atoms with Crippen molar-refractivity contribution in [1.29, 1.82) is 0 Å². The highest BCUT2D eigenvalue weighted by molar-refractivity contribution is 6.46. The smallest absolute Gasteiger partial charge is 0.296 e. The van der Waals surface area contributed by atoms with E-state index in [1.165, 1.54) is 12.1 Å². The summed E-state index contributed by atoms with van der Waals surface area (Å²) in [4.78, 5) is 25.1. The number of aryl methyl sites for hydroxylation is 1. The molecule has 0 atom stereocenters. The number of anilines is 1. The zero-order chi connectivity index (χ0) is 20.3. The van der Waals surface area contributed by atoms with Crippen LogP contribution >= 0.6 is 0 Å². The maximum atomic E-state index is 13.2. The van der Waals surface area contributed by atoms with Gasteiger partial charge in [0.1, 0.15) is 11.6 Å². The number of hydrogen-bond donors (Lipinski definition) is 1. The molecule has 1 aromatic heterocycles. The number of halogens is 1. The van der Waals surface area contributed by atoms with Crippen LogP contribution in [0.4, 0.5) is 10.1 Å². The first kappa shape index (κ1) is 19.4. The van der Waals surface area contributed by atoms with Gasteiger partial charge in [0, 0.05) is 28.3 Å². The number of carbonyl (C=O) groups excluding carboxylic acids is 2. The minimum atomic E-state index is -0.719. The van der Waals surface area contributed by atoms with Crippen molar-refractivity contribution in [2.24, 2.45) is 0 Å². The summed E-state index contributed by atoms with van der Waals surface area (Å²) in [6.07, 6.45) is 0. The molecule has 1 heterocycles. The molecule has 0 aliphatic rings. The largest absolute Gasteiger partial charge is 0.494 e. The average molecular weight is 380 g/mol. The molecular formula is C22H21FN2O3. The lowest BCUT2D eigenvalue weighted by atomic mass is 10.1. The Morgan fingerprint density at radius 3 is 2.29 bits per heavy atom. The first-order chi connectivity index (χ1) is 13.4. The lowest BCUT2D eigenvalue weighted by molar-refractivity contribution is -0.112. The predicted octanol–water partition coefficient (Wildman–Crippen LogP) is 4.45. The van der Waals surface area contributed by atoms with Gasteiger partial charge in [0.2, 0.25) is 0 Å². The molecule has 0 saturated heterocycles. The number of nitrogens with zero attached hydrogens (tertiary/aromatic N) is 1. The van der Waals surface area contributed by atoms with Gasteiger partial charge >= 0.3 is 0 Å². The van der Waals surface area contributed by atoms with Crippen molar-refractivity contribution >= 4 is 17.4 Å². The van der Waals surface area contributed by atoms with Crippen LogP contribution < -0.4 is 10.1 Å². The Morgan fingerprint density at radius 1 is 1.04 bits per heavy atom. The highest BCUT2D eigenvalue weighted by Crippen LogP contribution is 2.22. The van der Waals surface area contributed by atoms with Gasteiger partial charge in [-0.05, 0) is 75.4 Å². The van der Waals surface area contributed by atoms with E-state index in [0.717, 1.165) is 11.4 Å². The fourth-order valence-corrected chi connectivity index (χ4v) is 3.09. The van der Waals surface area contributed by atoms with Crippen molar-refractivity contribution in [3.63, 3.8) is 0 Å². The van der Waals surface area contributed by atoms with E-state index >= 15 is 0 Å². The summed E-state index contributed by atoms with van der Waals surface area (Å²) in [5, 5.41) is 2.61. The van der Waals surface area contributed by atoms with Crippen LogP contribution in [0, 0.1) is 19.7 Å². The fraction of sp³-hybridized carbons (Fsp3) is 0.182. The van der Waals surface area contributed by atoms with Crippen LogP contribution in [0.1, 0.15) is 28.7 Å². The molecule has 3 aromatic rings. The van der Waals surface area contributed by atoms with Crippen molar-refractivity contribution < 1.29 is 18.7 Å². The third-order valence-corrected chi connectivity index (χ3v) is 4.39. The van der Waals surface area contributed by atoms with E-state index in [1.54, 1.807) is 49.4 Å². The molecule has 0 radical (unpaired) electrons. The van der Waals surface area contributed by atoms with Crippen LogP contribution in [0.25, 0.3) is 5.69 Å². The summed E-state index contributed by atoms with van der Waals surface area (Å²) in [5.74, 6) is -0.995. The van der Waals surface area contributed by atoms with Gasteiger partial charge in [0.25, 0.3) is 11.7 Å². The minimum Gasteiger partial charge on any atom is -0.494 e. The number of hydrogen-bond acceptors (Lipinski definition) is 3. The summed E-state index contributed by atoms with van der Waals surface area (Å²) >= 11 is 0. The second-order valence-corrected chi connectivity index (χ2v) is 6.34. The number of benzene rings is 2. The fourth-order valence-electron chi connectivity index (χ4n) is 3.09. The molecule has 0 spiro atoms. The summed E-state index contributed by atoms with van der Waals surface area (Å²) in [6.45, 7) is 6.02. The number of rotatable bonds is 6. The Bertz CT molecular complexity index is 1010. The maximum Gasteiger partial charge on any atom is 0.296 e. The van der Waals surface area contributed by atoms with Crippen LogP contribution in [0.3, 0.4) is 0 Å². The van der Waals surface area contributed by atoms with Gasteiger partial charge in [-0.1, -0.05) is 0 Å². The van der Waals surface area contributed by atoms with Gasteiger partial charge < -0.3 is 14.6 Å². The van der Waals surface area contributed by atoms with Crippen LogP contribution in [-0.4, -0.2) is 22.9 Å². The van der Waals surface area contributed by atoms with E-state index in [9.17, 15) is 14.0 Å². The maximum absolute atomic E-state index is 13.2. The van der Waals surface area contributed by atoms with E-state index in [-0.39, 0.29) is 5.82 Å². The first-order valence-corrected chi connectivity index (χ1v) is 8.94. The third-order valence-electron chi connectivity index (χ3n) is 4.39. The molecule has 5 nitrogen and oxygen atoms in total. The zero-order valence-electron chi connectivity index (χ0n) is 16.0. The number of aromatic nitrogens is 1. The number of Topliss-reactive ketones (excluding diaryl/α,β-unsaturated/α-hetero) is 1. The van der Waals surface area contributed by atoms with E-state index in [0.29, 0.717) is 29.3 Å². The van der Waals surface area contributed by atoms with Crippen molar-refractivity contribution in [2.75, 3.05) is 11.9 Å². The number of ketones is 1. The Labute approximate surface area is 162 Å². The van der Waals surface area contributed by atoms with Gasteiger partial charge in [-0.15, -0.1) is 0 Å². The topological polar surface area (TPSA) is 60.3 Å². The van der Waals surface area contributed by atoms with Gasteiger partial charge in [0.15, 0.2) is 0 Å². The van der Waals surface area contributed by atoms with E-state index in [4.69, 9.17) is 4.74 Å². The number of amides is 1. The number of carbonyl (C=O) groups is 2. The Balaban J connectivity index is 1.81. The molecule has 144 valence electrons. The molecule has 0 bridgehead atoms. The SMILES string of the molecule is CCOc1ccc(NC(=O)C(=O)c2cc(C)n(-c3ccc(F)cc3)c2C)cc1. The molecule has 0 aliphatic carbocycles. The predicted molar refractivity (Wildman–Crippen MR) is 106 cm³/mol. The monoisotopic (exact) mass is 380 g/mol. The van der Waals surface area contributed by atoms with Crippen LogP contribution in [-0.2, 0) is 4.79 Å². The Kier molecular flexibility index (Phi) is 5.59. The normalized spacial score (nSPS) is 10.6. The summed E-state index contributed by atoms with van der Waals surface area (Å²) in [5.41, 5.74) is 2.94. The molecule has 0 saturated carbocycles. The minimum absolute atomic E-state index is 0.310. The van der Waals surface area contributed by atoms with Crippen LogP contribution in [0.15, 0.2) is 54.6 Å². The lowest BCUT2D eigenvalue weighted by Gasteiger charge is -2.10. The van der Waals surface area contributed by atoms with Crippen molar-refractivity contribution in [2.45, 2.75) is 20.8 Å². The molecule has 1 N–H and O–H groups in total. The van der Waals surface area contributed by atoms with Crippen molar-refractivity contribution in [1.82, 2.24) is 4.57 Å². The second kappa shape index (κ2) is 8.08. The van der Waals surface area contributed by atoms with E-state index in [1.807, 2.05) is 18.4 Å². The second-order valence-electron chi connectivity index (χ2n) is 6.34. The van der Waals surface area contributed by atoms with Crippen LogP contribution in [0.5, 0.6) is 5.75 Å². The lowest BCUT2D eigenvalue weighted by Crippen LogP contribution is -2.23. The quantitative estimate of drug-likeness (QED) is 0.508. The van der Waals surface area contributed by atoms with Crippen molar-refractivity contribution in [3.8, 4) is 11.4 Å². The molecule has 1 amide bonds. The highest BCUT2D eigenvalue weighted by Gasteiger charge is 2.22. The molecule has 0 fully saturated rings. The van der Waals surface area contributed by atoms with Gasteiger partial charge in [-0.2, -0.15) is 0 Å². The first-order valence-electron chi connectivity index (χ1n) is 8.94. The number of ether oxygens (including phenoxy) is 1. The molecule has 2 aromatic carbocycles. The summed E-state index contributed by atoms with van der Waals surface area (Å²) < 4.78 is 20.4. The molecule has 0 aliphatic heterocycles. The molecule has 28 heavy (non-hydrogen) atoms. The van der Waals surface area contributed by atoms with Crippen LogP contribution in [0.2, 0.25) is 0 Å². The third kappa shape index (κ3) is 3.96. The highest BCUT2D eigenvalue weighted by atomic mass is 19.1. The van der Waals surface area contributed by atoms with E-state index < -0.39 is 11.7 Å². The molecular weight excluding hydrogens is 359 g/mol. The Hall–Kier alpha value is -3.41. The average Bonchev–Trinajstić information content (AvgIpc) is 2.98. The van der Waals surface area contributed by atoms with Gasteiger partial charge in [-0.3, -0.25) is 9.59 Å². The summed E-state index contributed by atoms with van der Waals surface area (Å²) in [7, 11) is 0. The zero-order valence-corrected chi connectivity index (χ0v) is 16.0. The number of nitrogens with one attached hydrogen (secondary N) is 1. The standard InChI is InChI=1S/C22H21FN2O3/c1-4-28-19-11-7-17(8-12-19)24-22(27)21(26)20-13-14(2)25(15(20)3)18-9-5-16(23)6-10-18/h5-13H,4H2,1-3H3,(H,24,27). The van der Waals surface area contributed by atoms with Gasteiger partial charge in [-0.25, -0.2) is 4.39 Å². The van der Waals surface area contributed by atoms with E-state index in [2.05, 4.69) is 5.32 Å². The molecule has 0 unspecified atom stereocenters. The van der Waals surface area contributed by atoms with Gasteiger partial charge in [0.05, 0.1) is 6.61 Å². The molecule has 6 heteroatoms. The van der Waals surface area contributed by atoms with Crippen molar-refractivity contribution in [3.05, 3.63) is 77.4 Å². The molecule has 3 rings (SSSR count).